The standard InChI is InChI=1S/C17H22N2O3/c1-19-10-13(9-15(19)20)16(21)18-11-17(22)8-4-6-12-5-2-3-7-14(12)17/h2-3,5,7,13,22H,4,6,8-11H2,1H3,(H,18,21). The third-order valence-corrected chi connectivity index (χ3v) is 4.82. The Bertz CT molecular complexity index is 601. The number of nitrogens with zero attached hydrogens (tertiary/aromatic N) is 1. The van der Waals surface area contributed by atoms with Gasteiger partial charge in [0.05, 0.1) is 12.5 Å². The third kappa shape index (κ3) is 2.73. The lowest BCUT2D eigenvalue weighted by atomic mass is 9.79. The number of likely N-dealkylation sites (tertiary alicyclic amines) is 1. The molecule has 0 spiro atoms. The molecule has 1 fully saturated rings. The van der Waals surface area contributed by atoms with Crippen molar-refractivity contribution in [3.63, 3.8) is 0 Å². The van der Waals surface area contributed by atoms with Gasteiger partial charge in [0.25, 0.3) is 0 Å². The van der Waals surface area contributed by atoms with Crippen molar-refractivity contribution in [1.29, 1.82) is 0 Å². The first-order chi connectivity index (χ1) is 10.5. The summed E-state index contributed by atoms with van der Waals surface area (Å²) in [5.74, 6) is -0.448. The fraction of sp³-hybridized carbons (Fsp3) is 0.529. The first-order valence-electron chi connectivity index (χ1n) is 7.82. The molecule has 1 saturated heterocycles. The maximum Gasteiger partial charge on any atom is 0.225 e. The number of hydrogen-bond donors (Lipinski definition) is 2. The van der Waals surface area contributed by atoms with Crippen molar-refractivity contribution in [3.8, 4) is 0 Å². The second kappa shape index (κ2) is 5.72. The number of amides is 2. The number of aryl methyl sites for hydroxylation is 1. The smallest absolute Gasteiger partial charge is 0.225 e. The van der Waals surface area contributed by atoms with Gasteiger partial charge in [-0.2, -0.15) is 0 Å². The molecule has 2 amide bonds. The van der Waals surface area contributed by atoms with Crippen molar-refractivity contribution in [3.05, 3.63) is 35.4 Å². The zero-order chi connectivity index (χ0) is 15.7. The molecule has 0 saturated carbocycles. The summed E-state index contributed by atoms with van der Waals surface area (Å²) in [4.78, 5) is 25.3. The van der Waals surface area contributed by atoms with Gasteiger partial charge in [0, 0.05) is 20.0 Å². The molecule has 2 aliphatic rings. The minimum atomic E-state index is -1.00. The van der Waals surface area contributed by atoms with E-state index in [2.05, 4.69) is 5.32 Å². The van der Waals surface area contributed by atoms with Crippen LogP contribution in [0, 0.1) is 5.92 Å². The number of rotatable bonds is 3. The number of carbonyl (C=O) groups is 2. The number of benzene rings is 1. The quantitative estimate of drug-likeness (QED) is 0.868. The van der Waals surface area contributed by atoms with Crippen LogP contribution < -0.4 is 5.32 Å². The number of carbonyl (C=O) groups excluding carboxylic acids is 2. The second-order valence-corrected chi connectivity index (χ2v) is 6.44. The maximum absolute atomic E-state index is 12.2. The molecule has 3 rings (SSSR count). The highest BCUT2D eigenvalue weighted by atomic mass is 16.3. The summed E-state index contributed by atoms with van der Waals surface area (Å²) in [6.45, 7) is 0.664. The van der Waals surface area contributed by atoms with Crippen LogP contribution in [0.1, 0.15) is 30.4 Å². The SMILES string of the molecule is CN1CC(C(=O)NCC2(O)CCCc3ccccc32)CC1=O. The molecule has 1 aromatic rings. The minimum absolute atomic E-state index is 0.00173. The van der Waals surface area contributed by atoms with Crippen molar-refractivity contribution in [2.45, 2.75) is 31.3 Å². The van der Waals surface area contributed by atoms with E-state index in [4.69, 9.17) is 0 Å². The number of aliphatic hydroxyl groups is 1. The van der Waals surface area contributed by atoms with Crippen LogP contribution in [0.2, 0.25) is 0 Å². The largest absolute Gasteiger partial charge is 0.383 e. The molecule has 118 valence electrons. The lowest BCUT2D eigenvalue weighted by molar-refractivity contribution is -0.128. The van der Waals surface area contributed by atoms with E-state index in [-0.39, 0.29) is 30.7 Å². The molecule has 0 aromatic heterocycles. The van der Waals surface area contributed by atoms with Crippen LogP contribution in [0.3, 0.4) is 0 Å². The van der Waals surface area contributed by atoms with Crippen molar-refractivity contribution in [1.82, 2.24) is 10.2 Å². The molecule has 0 radical (unpaired) electrons. The summed E-state index contributed by atoms with van der Waals surface area (Å²) in [5.41, 5.74) is 1.07. The average Bonchev–Trinajstić information content (AvgIpc) is 2.85. The highest BCUT2D eigenvalue weighted by Crippen LogP contribution is 2.34. The Labute approximate surface area is 130 Å². The zero-order valence-electron chi connectivity index (χ0n) is 12.8. The molecular formula is C17H22N2O3. The topological polar surface area (TPSA) is 69.6 Å². The van der Waals surface area contributed by atoms with Gasteiger partial charge in [-0.25, -0.2) is 0 Å². The zero-order valence-corrected chi connectivity index (χ0v) is 12.8. The molecule has 1 heterocycles. The van der Waals surface area contributed by atoms with Gasteiger partial charge in [-0.1, -0.05) is 24.3 Å². The van der Waals surface area contributed by atoms with E-state index < -0.39 is 5.60 Å². The van der Waals surface area contributed by atoms with Crippen LogP contribution in [0.15, 0.2) is 24.3 Å². The molecule has 5 nitrogen and oxygen atoms in total. The predicted octanol–water partition coefficient (Wildman–Crippen LogP) is 0.805. The van der Waals surface area contributed by atoms with Gasteiger partial charge in [0.1, 0.15) is 5.60 Å². The Morgan fingerprint density at radius 3 is 2.95 bits per heavy atom. The summed E-state index contributed by atoms with van der Waals surface area (Å²) in [6.07, 6.45) is 2.79. The fourth-order valence-electron chi connectivity index (χ4n) is 3.50. The molecule has 22 heavy (non-hydrogen) atoms. The Morgan fingerprint density at radius 1 is 1.45 bits per heavy atom. The molecule has 2 N–H and O–H groups in total. The Balaban J connectivity index is 1.67. The van der Waals surface area contributed by atoms with Crippen LogP contribution in [-0.2, 0) is 21.6 Å². The van der Waals surface area contributed by atoms with Gasteiger partial charge in [0.15, 0.2) is 0 Å². The molecular weight excluding hydrogens is 280 g/mol. The lowest BCUT2D eigenvalue weighted by Gasteiger charge is -2.35. The summed E-state index contributed by atoms with van der Waals surface area (Å²) >= 11 is 0. The van der Waals surface area contributed by atoms with Gasteiger partial charge in [-0.05, 0) is 30.4 Å². The Kier molecular flexibility index (Phi) is 3.91. The van der Waals surface area contributed by atoms with E-state index in [9.17, 15) is 14.7 Å². The number of fused-ring (bicyclic) bond motifs is 1. The van der Waals surface area contributed by atoms with E-state index >= 15 is 0 Å². The number of hydrogen-bond acceptors (Lipinski definition) is 3. The molecule has 5 heteroatoms. The van der Waals surface area contributed by atoms with E-state index in [1.165, 1.54) is 0 Å². The summed E-state index contributed by atoms with van der Waals surface area (Å²) < 4.78 is 0. The van der Waals surface area contributed by atoms with Gasteiger partial charge in [-0.15, -0.1) is 0 Å². The van der Waals surface area contributed by atoms with Crippen LogP contribution >= 0.6 is 0 Å². The van der Waals surface area contributed by atoms with E-state index in [0.717, 1.165) is 24.0 Å². The van der Waals surface area contributed by atoms with Crippen LogP contribution in [-0.4, -0.2) is 42.0 Å². The van der Waals surface area contributed by atoms with E-state index in [1.54, 1.807) is 11.9 Å². The van der Waals surface area contributed by atoms with Crippen molar-refractivity contribution in [2.75, 3.05) is 20.1 Å². The third-order valence-electron chi connectivity index (χ3n) is 4.82. The summed E-state index contributed by atoms with van der Waals surface area (Å²) in [6, 6.07) is 7.87. The maximum atomic E-state index is 12.2. The Morgan fingerprint density at radius 2 is 2.23 bits per heavy atom. The second-order valence-electron chi connectivity index (χ2n) is 6.44. The first kappa shape index (κ1) is 15.0. The fourth-order valence-corrected chi connectivity index (χ4v) is 3.50. The summed E-state index contributed by atoms with van der Waals surface area (Å²) in [7, 11) is 1.71. The highest BCUT2D eigenvalue weighted by Gasteiger charge is 2.37. The van der Waals surface area contributed by atoms with E-state index in [0.29, 0.717) is 13.0 Å². The van der Waals surface area contributed by atoms with E-state index in [1.807, 2.05) is 24.3 Å². The van der Waals surface area contributed by atoms with Crippen molar-refractivity contribution in [2.24, 2.45) is 5.92 Å². The van der Waals surface area contributed by atoms with Crippen LogP contribution in [0.25, 0.3) is 0 Å². The van der Waals surface area contributed by atoms with Gasteiger partial charge in [-0.3, -0.25) is 9.59 Å². The molecule has 1 aliphatic carbocycles. The van der Waals surface area contributed by atoms with Gasteiger partial charge >= 0.3 is 0 Å². The monoisotopic (exact) mass is 302 g/mol. The normalized spacial score (nSPS) is 27.6. The minimum Gasteiger partial charge on any atom is -0.383 e. The Hall–Kier alpha value is -1.88. The van der Waals surface area contributed by atoms with Crippen LogP contribution in [0.5, 0.6) is 0 Å². The first-order valence-corrected chi connectivity index (χ1v) is 7.82. The highest BCUT2D eigenvalue weighted by molar-refractivity contribution is 5.89. The lowest BCUT2D eigenvalue weighted by Crippen LogP contribution is -2.45. The average molecular weight is 302 g/mol. The number of nitrogens with one attached hydrogen (secondary N) is 1. The predicted molar refractivity (Wildman–Crippen MR) is 82.0 cm³/mol. The van der Waals surface area contributed by atoms with Crippen molar-refractivity contribution < 1.29 is 14.7 Å². The van der Waals surface area contributed by atoms with Gasteiger partial charge < -0.3 is 15.3 Å². The molecule has 1 aliphatic heterocycles. The molecule has 0 bridgehead atoms. The molecule has 2 atom stereocenters. The van der Waals surface area contributed by atoms with Crippen LogP contribution in [0.4, 0.5) is 0 Å². The summed E-state index contributed by atoms with van der Waals surface area (Å²) in [5, 5.41) is 13.8. The van der Waals surface area contributed by atoms with Crippen molar-refractivity contribution >= 4 is 11.8 Å². The molecule has 1 aromatic carbocycles. The van der Waals surface area contributed by atoms with Gasteiger partial charge in [0.2, 0.25) is 11.8 Å². The molecule has 2 unspecified atom stereocenters.